The molecule has 0 aliphatic carbocycles. The van der Waals surface area contributed by atoms with Gasteiger partial charge in [-0.05, 0) is 55.1 Å². The zero-order valence-electron chi connectivity index (χ0n) is 11.8. The summed E-state index contributed by atoms with van der Waals surface area (Å²) in [6.45, 7) is 1.97. The van der Waals surface area contributed by atoms with Crippen LogP contribution in [0.1, 0.15) is 5.69 Å². The second kappa shape index (κ2) is 6.08. The van der Waals surface area contributed by atoms with Crippen LogP contribution in [-0.4, -0.2) is 11.4 Å². The summed E-state index contributed by atoms with van der Waals surface area (Å²) in [4.78, 5) is 1.24. The van der Waals surface area contributed by atoms with Gasteiger partial charge in [0.1, 0.15) is 0 Å². The first-order valence-corrected chi connectivity index (χ1v) is 8.57. The third kappa shape index (κ3) is 2.92. The van der Waals surface area contributed by atoms with Crippen molar-refractivity contribution in [3.8, 4) is 22.5 Å². The molecule has 0 saturated heterocycles. The molecule has 21 heavy (non-hydrogen) atoms. The maximum absolute atomic E-state index is 5.57. The minimum Gasteiger partial charge on any atom is -0.355 e. The summed E-state index contributed by atoms with van der Waals surface area (Å²) in [6.07, 6.45) is 2.07. The number of rotatable bonds is 3. The zero-order valence-corrected chi connectivity index (χ0v) is 14.2. The van der Waals surface area contributed by atoms with Crippen molar-refractivity contribution in [1.82, 2.24) is 5.16 Å². The van der Waals surface area contributed by atoms with Crippen LogP contribution in [0.2, 0.25) is 0 Å². The number of aromatic nitrogens is 1. The predicted molar refractivity (Wildman–Crippen MR) is 91.6 cm³/mol. The van der Waals surface area contributed by atoms with Gasteiger partial charge in [0, 0.05) is 14.9 Å². The van der Waals surface area contributed by atoms with Crippen LogP contribution in [0.3, 0.4) is 0 Å². The molecule has 1 heterocycles. The standard InChI is InChI=1S/C17H14BrNOS/c1-11-16(12-3-7-14(18)8-4-12)17(20-19-11)13-5-9-15(21-2)10-6-13/h3-10H,1-2H3. The van der Waals surface area contributed by atoms with Gasteiger partial charge in [-0.15, -0.1) is 11.8 Å². The molecular weight excluding hydrogens is 346 g/mol. The smallest absolute Gasteiger partial charge is 0.174 e. The molecule has 0 saturated carbocycles. The Balaban J connectivity index is 2.09. The van der Waals surface area contributed by atoms with Crippen LogP contribution in [0.25, 0.3) is 22.5 Å². The van der Waals surface area contributed by atoms with Crippen molar-refractivity contribution >= 4 is 27.7 Å². The molecular formula is C17H14BrNOS. The molecule has 3 aromatic rings. The minimum absolute atomic E-state index is 0.822. The van der Waals surface area contributed by atoms with Crippen LogP contribution in [0.5, 0.6) is 0 Å². The van der Waals surface area contributed by atoms with Crippen molar-refractivity contribution in [1.29, 1.82) is 0 Å². The number of aryl methyl sites for hydroxylation is 1. The summed E-state index contributed by atoms with van der Waals surface area (Å²) >= 11 is 5.19. The fourth-order valence-corrected chi connectivity index (χ4v) is 2.94. The lowest BCUT2D eigenvalue weighted by Crippen LogP contribution is -1.83. The van der Waals surface area contributed by atoms with E-state index >= 15 is 0 Å². The predicted octanol–water partition coefficient (Wildman–Crippen LogP) is 5.80. The molecule has 0 atom stereocenters. The maximum atomic E-state index is 5.57. The Morgan fingerprint density at radius 1 is 0.952 bits per heavy atom. The van der Waals surface area contributed by atoms with E-state index < -0.39 is 0 Å². The normalized spacial score (nSPS) is 10.8. The van der Waals surface area contributed by atoms with E-state index in [4.69, 9.17) is 4.52 Å². The molecule has 0 aliphatic heterocycles. The Hall–Kier alpha value is -1.52. The summed E-state index contributed by atoms with van der Waals surface area (Å²) in [6, 6.07) is 16.6. The first-order chi connectivity index (χ1) is 10.2. The molecule has 0 N–H and O–H groups in total. The molecule has 0 radical (unpaired) electrons. The Morgan fingerprint density at radius 2 is 1.57 bits per heavy atom. The van der Waals surface area contributed by atoms with Crippen molar-refractivity contribution in [2.45, 2.75) is 11.8 Å². The van der Waals surface area contributed by atoms with Gasteiger partial charge in [0.05, 0.1) is 11.3 Å². The molecule has 2 nitrogen and oxygen atoms in total. The molecule has 1 aromatic heterocycles. The van der Waals surface area contributed by atoms with Gasteiger partial charge >= 0.3 is 0 Å². The topological polar surface area (TPSA) is 26.0 Å². The molecule has 0 spiro atoms. The highest BCUT2D eigenvalue weighted by atomic mass is 79.9. The number of benzene rings is 2. The third-order valence-electron chi connectivity index (χ3n) is 3.35. The largest absolute Gasteiger partial charge is 0.355 e. The fraction of sp³-hybridized carbons (Fsp3) is 0.118. The lowest BCUT2D eigenvalue weighted by molar-refractivity contribution is 0.427. The van der Waals surface area contributed by atoms with E-state index in [-0.39, 0.29) is 0 Å². The summed E-state index contributed by atoms with van der Waals surface area (Å²) in [5.74, 6) is 0.822. The SMILES string of the molecule is CSc1ccc(-c2onc(C)c2-c2ccc(Br)cc2)cc1. The second-order valence-corrected chi connectivity index (χ2v) is 6.50. The molecule has 106 valence electrons. The Bertz CT molecular complexity index is 747. The van der Waals surface area contributed by atoms with Gasteiger partial charge in [-0.2, -0.15) is 0 Å². The molecule has 4 heteroatoms. The molecule has 0 fully saturated rings. The van der Waals surface area contributed by atoms with Gasteiger partial charge in [-0.1, -0.05) is 33.2 Å². The monoisotopic (exact) mass is 359 g/mol. The van der Waals surface area contributed by atoms with E-state index in [1.54, 1.807) is 11.8 Å². The third-order valence-corrected chi connectivity index (χ3v) is 4.62. The van der Waals surface area contributed by atoms with Crippen molar-refractivity contribution < 1.29 is 4.52 Å². The number of hydrogen-bond acceptors (Lipinski definition) is 3. The summed E-state index contributed by atoms with van der Waals surface area (Å²) < 4.78 is 6.63. The van der Waals surface area contributed by atoms with E-state index in [2.05, 4.69) is 63.7 Å². The van der Waals surface area contributed by atoms with Crippen molar-refractivity contribution in [2.75, 3.05) is 6.26 Å². The average Bonchev–Trinajstić information content (AvgIpc) is 2.90. The number of thioether (sulfide) groups is 1. The minimum atomic E-state index is 0.822. The molecule has 0 aliphatic rings. The van der Waals surface area contributed by atoms with E-state index in [1.165, 1.54) is 4.90 Å². The highest BCUT2D eigenvalue weighted by Crippen LogP contribution is 2.35. The summed E-state index contributed by atoms with van der Waals surface area (Å²) in [7, 11) is 0. The Labute approximate surface area is 136 Å². The van der Waals surface area contributed by atoms with Gasteiger partial charge in [-0.3, -0.25) is 0 Å². The number of nitrogens with zero attached hydrogens (tertiary/aromatic N) is 1. The van der Waals surface area contributed by atoms with Crippen LogP contribution in [0, 0.1) is 6.92 Å². The van der Waals surface area contributed by atoms with Gasteiger partial charge in [0.2, 0.25) is 0 Å². The van der Waals surface area contributed by atoms with Gasteiger partial charge < -0.3 is 4.52 Å². The highest BCUT2D eigenvalue weighted by Gasteiger charge is 2.16. The first kappa shape index (κ1) is 14.4. The maximum Gasteiger partial charge on any atom is 0.174 e. The molecule has 0 bridgehead atoms. The van der Waals surface area contributed by atoms with Crippen molar-refractivity contribution in [3.63, 3.8) is 0 Å². The lowest BCUT2D eigenvalue weighted by atomic mass is 10.00. The van der Waals surface area contributed by atoms with Gasteiger partial charge in [0.15, 0.2) is 5.76 Å². The molecule has 3 rings (SSSR count). The Kier molecular flexibility index (Phi) is 4.17. The molecule has 0 amide bonds. The van der Waals surface area contributed by atoms with E-state index in [1.807, 2.05) is 19.1 Å². The summed E-state index contributed by atoms with van der Waals surface area (Å²) in [5.41, 5.74) is 4.12. The van der Waals surface area contributed by atoms with Crippen LogP contribution < -0.4 is 0 Å². The quantitative estimate of drug-likeness (QED) is 0.552. The highest BCUT2D eigenvalue weighted by molar-refractivity contribution is 9.10. The molecule has 0 unspecified atom stereocenters. The van der Waals surface area contributed by atoms with Crippen molar-refractivity contribution in [2.24, 2.45) is 0 Å². The number of halogens is 1. The average molecular weight is 360 g/mol. The van der Waals surface area contributed by atoms with E-state index in [9.17, 15) is 0 Å². The van der Waals surface area contributed by atoms with Crippen molar-refractivity contribution in [3.05, 3.63) is 58.7 Å². The summed E-state index contributed by atoms with van der Waals surface area (Å²) in [5, 5.41) is 4.14. The number of hydrogen-bond donors (Lipinski definition) is 0. The van der Waals surface area contributed by atoms with Crippen LogP contribution in [0.15, 0.2) is 62.4 Å². The Morgan fingerprint density at radius 3 is 2.19 bits per heavy atom. The first-order valence-electron chi connectivity index (χ1n) is 6.55. The van der Waals surface area contributed by atoms with E-state index in [0.29, 0.717) is 0 Å². The fourth-order valence-electron chi connectivity index (χ4n) is 2.27. The zero-order chi connectivity index (χ0) is 14.8. The van der Waals surface area contributed by atoms with Crippen LogP contribution in [0.4, 0.5) is 0 Å². The van der Waals surface area contributed by atoms with Crippen LogP contribution in [-0.2, 0) is 0 Å². The van der Waals surface area contributed by atoms with Gasteiger partial charge in [0.25, 0.3) is 0 Å². The molecule has 2 aromatic carbocycles. The lowest BCUT2D eigenvalue weighted by Gasteiger charge is -2.04. The van der Waals surface area contributed by atoms with Gasteiger partial charge in [-0.25, -0.2) is 0 Å². The van der Waals surface area contributed by atoms with Crippen LogP contribution >= 0.6 is 27.7 Å². The second-order valence-electron chi connectivity index (χ2n) is 4.71. The van der Waals surface area contributed by atoms with E-state index in [0.717, 1.165) is 32.6 Å².